The van der Waals surface area contributed by atoms with Gasteiger partial charge in [0.2, 0.25) is 0 Å². The lowest BCUT2D eigenvalue weighted by Crippen LogP contribution is -2.13. The molecule has 32 heavy (non-hydrogen) atoms. The maximum atomic E-state index is 10.6. The van der Waals surface area contributed by atoms with Crippen molar-refractivity contribution in [2.45, 2.75) is 64.7 Å². The Morgan fingerprint density at radius 1 is 0.688 bits per heavy atom. The first-order valence-corrected chi connectivity index (χ1v) is 13.5. The summed E-state index contributed by atoms with van der Waals surface area (Å²) in [6.45, 7) is 5.60. The number of aryl methyl sites for hydroxylation is 1. The van der Waals surface area contributed by atoms with Crippen LogP contribution < -0.4 is 4.74 Å². The van der Waals surface area contributed by atoms with E-state index in [1.165, 1.54) is 44.1 Å². The van der Waals surface area contributed by atoms with Gasteiger partial charge in [0, 0.05) is 6.61 Å². The molecule has 0 aliphatic carbocycles. The second kappa shape index (κ2) is 19.3. The molecule has 186 valence electrons. The Morgan fingerprint density at radius 3 is 1.88 bits per heavy atom. The summed E-state index contributed by atoms with van der Waals surface area (Å²) >= 11 is 0. The molecule has 0 atom stereocenters. The Hall–Kier alpha value is -1.19. The quantitative estimate of drug-likeness (QED) is 0.193. The summed E-state index contributed by atoms with van der Waals surface area (Å²) in [5.74, 6) is 0.642. The van der Waals surface area contributed by atoms with E-state index < -0.39 is 10.1 Å². The molecule has 1 rings (SSSR count). The van der Waals surface area contributed by atoms with E-state index in [2.05, 4.69) is 19.1 Å². The monoisotopic (exact) mass is 474 g/mol. The van der Waals surface area contributed by atoms with Crippen molar-refractivity contribution in [3.05, 3.63) is 29.8 Å². The van der Waals surface area contributed by atoms with Gasteiger partial charge in [-0.05, 0) is 43.4 Å². The molecule has 0 spiro atoms. The van der Waals surface area contributed by atoms with Gasteiger partial charge >= 0.3 is 0 Å². The van der Waals surface area contributed by atoms with Crippen LogP contribution in [0.15, 0.2) is 24.3 Å². The first-order valence-electron chi connectivity index (χ1n) is 11.9. The molecule has 1 aromatic carbocycles. The normalized spacial score (nSPS) is 11.7. The third-order valence-electron chi connectivity index (χ3n) is 4.92. The van der Waals surface area contributed by atoms with Gasteiger partial charge in [-0.2, -0.15) is 8.42 Å². The van der Waals surface area contributed by atoms with Crippen LogP contribution in [0.2, 0.25) is 0 Å². The molecule has 0 aliphatic heterocycles. The van der Waals surface area contributed by atoms with E-state index in [-0.39, 0.29) is 5.75 Å². The van der Waals surface area contributed by atoms with Gasteiger partial charge in [-0.1, -0.05) is 51.2 Å². The molecular formula is C24H42O7S. The van der Waals surface area contributed by atoms with Crippen molar-refractivity contribution in [3.8, 4) is 5.75 Å². The van der Waals surface area contributed by atoms with Gasteiger partial charge in [0.1, 0.15) is 12.4 Å². The molecule has 8 heteroatoms. The van der Waals surface area contributed by atoms with Gasteiger partial charge in [0.25, 0.3) is 10.1 Å². The van der Waals surface area contributed by atoms with E-state index in [9.17, 15) is 8.42 Å². The SMILES string of the molecule is CCCCCCCCc1ccc(OCCOCCOCCOCCCCS(=O)(=O)O)cc1. The second-order valence-corrected chi connectivity index (χ2v) is 9.41. The smallest absolute Gasteiger partial charge is 0.264 e. The van der Waals surface area contributed by atoms with Gasteiger partial charge in [0.15, 0.2) is 0 Å². The maximum absolute atomic E-state index is 10.6. The molecule has 7 nitrogen and oxygen atoms in total. The fraction of sp³-hybridized carbons (Fsp3) is 0.750. The zero-order chi connectivity index (χ0) is 23.3. The average Bonchev–Trinajstić information content (AvgIpc) is 2.76. The van der Waals surface area contributed by atoms with Crippen LogP contribution in [0.25, 0.3) is 0 Å². The van der Waals surface area contributed by atoms with Crippen LogP contribution in [0.3, 0.4) is 0 Å². The highest BCUT2D eigenvalue weighted by atomic mass is 32.2. The molecule has 0 radical (unpaired) electrons. The first-order chi connectivity index (χ1) is 15.5. The standard InChI is InChI=1S/C24H42O7S/c1-2-3-4-5-6-7-10-23-11-13-24(14-12-23)31-21-20-30-19-18-29-17-16-28-15-8-9-22-32(25,26)27/h11-14H,2-10,15-22H2,1H3,(H,25,26,27). The minimum absolute atomic E-state index is 0.224. The number of hydrogen-bond donors (Lipinski definition) is 1. The summed E-state index contributed by atoms with van der Waals surface area (Å²) in [7, 11) is -3.87. The van der Waals surface area contributed by atoms with E-state index in [0.717, 1.165) is 12.2 Å². The van der Waals surface area contributed by atoms with E-state index in [4.69, 9.17) is 23.5 Å². The van der Waals surface area contributed by atoms with Crippen LogP contribution in [0.5, 0.6) is 5.75 Å². The molecular weight excluding hydrogens is 432 g/mol. The number of rotatable bonds is 22. The van der Waals surface area contributed by atoms with Crippen molar-refractivity contribution in [1.29, 1.82) is 0 Å². The van der Waals surface area contributed by atoms with E-state index in [1.807, 2.05) is 12.1 Å². The van der Waals surface area contributed by atoms with Crippen LogP contribution in [0, 0.1) is 0 Å². The highest BCUT2D eigenvalue weighted by molar-refractivity contribution is 7.85. The van der Waals surface area contributed by atoms with Gasteiger partial charge in [-0.15, -0.1) is 0 Å². The van der Waals surface area contributed by atoms with Crippen molar-refractivity contribution in [2.75, 3.05) is 52.0 Å². The largest absolute Gasteiger partial charge is 0.491 e. The highest BCUT2D eigenvalue weighted by Gasteiger charge is 2.03. The Bertz CT molecular complexity index is 647. The Labute approximate surface area is 194 Å². The van der Waals surface area contributed by atoms with Gasteiger partial charge in [0.05, 0.1) is 38.8 Å². The third-order valence-corrected chi connectivity index (χ3v) is 5.73. The molecule has 0 unspecified atom stereocenters. The van der Waals surface area contributed by atoms with Crippen LogP contribution in [-0.4, -0.2) is 65.0 Å². The van der Waals surface area contributed by atoms with Crippen LogP contribution >= 0.6 is 0 Å². The zero-order valence-corrected chi connectivity index (χ0v) is 20.5. The summed E-state index contributed by atoms with van der Waals surface area (Å²) in [6.07, 6.45) is 10.0. The average molecular weight is 475 g/mol. The lowest BCUT2D eigenvalue weighted by Gasteiger charge is -2.09. The molecule has 0 fully saturated rings. The zero-order valence-electron chi connectivity index (χ0n) is 19.6. The lowest BCUT2D eigenvalue weighted by molar-refractivity contribution is 0.00896. The summed E-state index contributed by atoms with van der Waals surface area (Å²) in [4.78, 5) is 0. The minimum atomic E-state index is -3.87. The molecule has 0 heterocycles. The first kappa shape index (κ1) is 28.8. The summed E-state index contributed by atoms with van der Waals surface area (Å²) in [5, 5.41) is 0. The molecule has 0 saturated heterocycles. The maximum Gasteiger partial charge on any atom is 0.264 e. The highest BCUT2D eigenvalue weighted by Crippen LogP contribution is 2.15. The van der Waals surface area contributed by atoms with Crippen molar-refractivity contribution < 1.29 is 31.9 Å². The number of unbranched alkanes of at least 4 members (excludes halogenated alkanes) is 6. The summed E-state index contributed by atoms with van der Waals surface area (Å²) in [6, 6.07) is 8.34. The van der Waals surface area contributed by atoms with Gasteiger partial charge < -0.3 is 18.9 Å². The van der Waals surface area contributed by atoms with Gasteiger partial charge in [-0.3, -0.25) is 4.55 Å². The predicted molar refractivity (Wildman–Crippen MR) is 127 cm³/mol. The molecule has 0 amide bonds. The van der Waals surface area contributed by atoms with Crippen LogP contribution in [0.1, 0.15) is 63.9 Å². The summed E-state index contributed by atoms with van der Waals surface area (Å²) in [5.41, 5.74) is 1.36. The Balaban J connectivity index is 1.88. The molecule has 0 aromatic heterocycles. The van der Waals surface area contributed by atoms with Crippen molar-refractivity contribution in [2.24, 2.45) is 0 Å². The van der Waals surface area contributed by atoms with Crippen LogP contribution in [0.4, 0.5) is 0 Å². The third kappa shape index (κ3) is 18.4. The second-order valence-electron chi connectivity index (χ2n) is 7.84. The van der Waals surface area contributed by atoms with Crippen molar-refractivity contribution in [3.63, 3.8) is 0 Å². The predicted octanol–water partition coefficient (Wildman–Crippen LogP) is 4.69. The molecule has 0 aliphatic rings. The minimum Gasteiger partial charge on any atom is -0.491 e. The number of hydrogen-bond acceptors (Lipinski definition) is 6. The van der Waals surface area contributed by atoms with E-state index in [1.54, 1.807) is 0 Å². The lowest BCUT2D eigenvalue weighted by atomic mass is 10.0. The molecule has 1 aromatic rings. The summed E-state index contributed by atoms with van der Waals surface area (Å²) < 4.78 is 51.6. The fourth-order valence-electron chi connectivity index (χ4n) is 3.11. The molecule has 0 saturated carbocycles. The molecule has 1 N–H and O–H groups in total. The fourth-order valence-corrected chi connectivity index (χ4v) is 3.68. The molecule has 0 bridgehead atoms. The Kier molecular flexibility index (Phi) is 17.4. The van der Waals surface area contributed by atoms with E-state index >= 15 is 0 Å². The number of benzene rings is 1. The van der Waals surface area contributed by atoms with Crippen molar-refractivity contribution >= 4 is 10.1 Å². The van der Waals surface area contributed by atoms with Gasteiger partial charge in [-0.25, -0.2) is 0 Å². The van der Waals surface area contributed by atoms with Crippen molar-refractivity contribution in [1.82, 2.24) is 0 Å². The number of ether oxygens (including phenoxy) is 4. The topological polar surface area (TPSA) is 91.3 Å². The Morgan fingerprint density at radius 2 is 1.25 bits per heavy atom. The van der Waals surface area contributed by atoms with E-state index in [0.29, 0.717) is 59.1 Å². The van der Waals surface area contributed by atoms with Crippen LogP contribution in [-0.2, 0) is 30.7 Å².